The quantitative estimate of drug-likeness (QED) is 0.547. The first-order valence-corrected chi connectivity index (χ1v) is 10.3. The number of nitrogens with zero attached hydrogens (tertiary/aromatic N) is 1. The van der Waals surface area contributed by atoms with Crippen LogP contribution in [0.25, 0.3) is 0 Å². The summed E-state index contributed by atoms with van der Waals surface area (Å²) >= 11 is 6.57. The van der Waals surface area contributed by atoms with Crippen LogP contribution >= 0.6 is 24.0 Å². The summed E-state index contributed by atoms with van der Waals surface area (Å²) in [6.45, 7) is 3.90. The fourth-order valence-corrected chi connectivity index (χ4v) is 4.39. The van der Waals surface area contributed by atoms with Crippen LogP contribution in [0.3, 0.4) is 0 Å². The Morgan fingerprint density at radius 2 is 1.78 bits per heavy atom. The van der Waals surface area contributed by atoms with Crippen molar-refractivity contribution in [1.29, 1.82) is 0 Å². The Labute approximate surface area is 175 Å². The Bertz CT molecular complexity index is 686. The van der Waals surface area contributed by atoms with Crippen LogP contribution in [-0.4, -0.2) is 18.2 Å². The first kappa shape index (κ1) is 22.1. The van der Waals surface area contributed by atoms with Crippen molar-refractivity contribution < 1.29 is 5.11 Å². The van der Waals surface area contributed by atoms with Crippen LogP contribution in [0, 0.1) is 0 Å². The number of para-hydroxylation sites is 1. The van der Waals surface area contributed by atoms with Crippen LogP contribution in [-0.2, 0) is 0 Å². The van der Waals surface area contributed by atoms with Gasteiger partial charge in [0.15, 0.2) is 0 Å². The molecule has 0 aliphatic heterocycles. The molecule has 27 heavy (non-hydrogen) atoms. The van der Waals surface area contributed by atoms with E-state index in [1.54, 1.807) is 0 Å². The third kappa shape index (κ3) is 5.88. The van der Waals surface area contributed by atoms with E-state index in [0.29, 0.717) is 12.3 Å². The zero-order chi connectivity index (χ0) is 18.4. The molecule has 3 rings (SSSR count). The van der Waals surface area contributed by atoms with Crippen LogP contribution in [0.2, 0.25) is 5.02 Å². The number of hydrogen-bond donors (Lipinski definition) is 1. The van der Waals surface area contributed by atoms with E-state index in [-0.39, 0.29) is 12.4 Å². The van der Waals surface area contributed by atoms with Crippen molar-refractivity contribution in [3.63, 3.8) is 0 Å². The van der Waals surface area contributed by atoms with E-state index in [0.717, 1.165) is 23.7 Å². The first-order chi connectivity index (χ1) is 12.7. The van der Waals surface area contributed by atoms with E-state index >= 15 is 0 Å². The van der Waals surface area contributed by atoms with Gasteiger partial charge in [-0.15, -0.1) is 12.4 Å². The van der Waals surface area contributed by atoms with Crippen molar-refractivity contribution in [2.24, 2.45) is 0 Å². The van der Waals surface area contributed by atoms with E-state index in [1.165, 1.54) is 43.4 Å². The van der Waals surface area contributed by atoms with Gasteiger partial charge in [-0.2, -0.15) is 0 Å². The molecule has 1 fully saturated rings. The smallest absolute Gasteiger partial charge is 0.0807 e. The van der Waals surface area contributed by atoms with Crippen molar-refractivity contribution >= 4 is 29.7 Å². The van der Waals surface area contributed by atoms with Crippen LogP contribution < -0.4 is 4.90 Å². The number of rotatable bonds is 7. The summed E-state index contributed by atoms with van der Waals surface area (Å²) in [5.74, 6) is 0.594. The topological polar surface area (TPSA) is 23.5 Å². The monoisotopic (exact) mass is 407 g/mol. The second-order valence-electron chi connectivity index (χ2n) is 7.34. The number of aliphatic hydroxyl groups is 1. The predicted octanol–water partition coefficient (Wildman–Crippen LogP) is 6.76. The van der Waals surface area contributed by atoms with Gasteiger partial charge in [0, 0.05) is 23.8 Å². The van der Waals surface area contributed by atoms with Crippen LogP contribution in [0.4, 0.5) is 5.69 Å². The van der Waals surface area contributed by atoms with E-state index in [2.05, 4.69) is 48.2 Å². The highest BCUT2D eigenvalue weighted by Gasteiger charge is 2.19. The molecule has 148 valence electrons. The summed E-state index contributed by atoms with van der Waals surface area (Å²) in [6.07, 6.45) is 6.65. The second-order valence-corrected chi connectivity index (χ2v) is 7.74. The molecule has 2 aromatic rings. The van der Waals surface area contributed by atoms with Gasteiger partial charge < -0.3 is 10.0 Å². The zero-order valence-electron chi connectivity index (χ0n) is 16.1. The first-order valence-electron chi connectivity index (χ1n) is 9.96. The van der Waals surface area contributed by atoms with Crippen molar-refractivity contribution in [2.75, 3.05) is 18.0 Å². The minimum Gasteiger partial charge on any atom is -0.388 e. The van der Waals surface area contributed by atoms with Crippen molar-refractivity contribution in [3.8, 4) is 0 Å². The number of aliphatic hydroxyl groups excluding tert-OH is 1. The van der Waals surface area contributed by atoms with Gasteiger partial charge >= 0.3 is 0 Å². The highest BCUT2D eigenvalue weighted by atomic mass is 35.5. The number of anilines is 1. The summed E-state index contributed by atoms with van der Waals surface area (Å²) in [7, 11) is 0. The largest absolute Gasteiger partial charge is 0.388 e. The fourth-order valence-electron chi connectivity index (χ4n) is 4.05. The standard InChI is InChI=1S/C23H30ClNO.ClH/c1-2-25(20-11-7-4-8-12-20)16-15-23(26)19-13-14-21(22(24)17-19)18-9-5-3-6-10-18;/h4,7-8,11-14,17-18,23,26H,2-3,5-6,9-10,15-16H2,1H3;1H. The third-order valence-electron chi connectivity index (χ3n) is 5.63. The van der Waals surface area contributed by atoms with Gasteiger partial charge in [0.2, 0.25) is 0 Å². The molecule has 0 saturated heterocycles. The maximum absolute atomic E-state index is 10.7. The molecule has 0 bridgehead atoms. The fraction of sp³-hybridized carbons (Fsp3) is 0.478. The average molecular weight is 408 g/mol. The van der Waals surface area contributed by atoms with Gasteiger partial charge in [0.25, 0.3) is 0 Å². The van der Waals surface area contributed by atoms with E-state index in [4.69, 9.17) is 11.6 Å². The third-order valence-corrected chi connectivity index (χ3v) is 5.96. The lowest BCUT2D eigenvalue weighted by atomic mass is 9.83. The van der Waals surface area contributed by atoms with Crippen LogP contribution in [0.1, 0.15) is 68.6 Å². The highest BCUT2D eigenvalue weighted by molar-refractivity contribution is 6.31. The van der Waals surface area contributed by atoms with Gasteiger partial charge in [-0.25, -0.2) is 0 Å². The highest BCUT2D eigenvalue weighted by Crippen LogP contribution is 2.37. The number of hydrogen-bond acceptors (Lipinski definition) is 2. The molecule has 1 unspecified atom stereocenters. The molecule has 1 atom stereocenters. The van der Waals surface area contributed by atoms with Gasteiger partial charge in [-0.05, 0) is 61.4 Å². The van der Waals surface area contributed by atoms with E-state index in [9.17, 15) is 5.11 Å². The molecule has 1 aliphatic rings. The molecule has 1 N–H and O–H groups in total. The lowest BCUT2D eigenvalue weighted by Gasteiger charge is -2.25. The SMILES string of the molecule is CCN(CCC(O)c1ccc(C2CCCCC2)c(Cl)c1)c1ccccc1.Cl. The Morgan fingerprint density at radius 3 is 2.41 bits per heavy atom. The maximum Gasteiger partial charge on any atom is 0.0807 e. The molecule has 0 amide bonds. The molecule has 1 saturated carbocycles. The molecular formula is C23H31Cl2NO. The molecule has 0 spiro atoms. The van der Waals surface area contributed by atoms with E-state index < -0.39 is 6.10 Å². The summed E-state index contributed by atoms with van der Waals surface area (Å²) < 4.78 is 0. The van der Waals surface area contributed by atoms with Gasteiger partial charge in [0.1, 0.15) is 0 Å². The van der Waals surface area contributed by atoms with Crippen LogP contribution in [0.5, 0.6) is 0 Å². The Kier molecular flexibility index (Phi) is 8.95. The lowest BCUT2D eigenvalue weighted by Crippen LogP contribution is -2.25. The summed E-state index contributed by atoms with van der Waals surface area (Å²) in [6, 6.07) is 16.6. The summed E-state index contributed by atoms with van der Waals surface area (Å²) in [5, 5.41) is 11.5. The molecular weight excluding hydrogens is 377 g/mol. The normalized spacial score (nSPS) is 15.8. The van der Waals surface area contributed by atoms with Crippen molar-refractivity contribution in [1.82, 2.24) is 0 Å². The zero-order valence-corrected chi connectivity index (χ0v) is 17.7. The van der Waals surface area contributed by atoms with Crippen LogP contribution in [0.15, 0.2) is 48.5 Å². The molecule has 4 heteroatoms. The van der Waals surface area contributed by atoms with E-state index in [1.807, 2.05) is 12.1 Å². The van der Waals surface area contributed by atoms with Crippen molar-refractivity contribution in [2.45, 2.75) is 57.5 Å². The minimum absolute atomic E-state index is 0. The molecule has 0 aromatic heterocycles. The molecule has 1 aliphatic carbocycles. The number of benzene rings is 2. The summed E-state index contributed by atoms with van der Waals surface area (Å²) in [5.41, 5.74) is 3.40. The number of halogens is 2. The average Bonchev–Trinajstić information content (AvgIpc) is 2.69. The molecule has 0 radical (unpaired) electrons. The Hall–Kier alpha value is -1.22. The molecule has 0 heterocycles. The van der Waals surface area contributed by atoms with Gasteiger partial charge in [-0.1, -0.05) is 61.2 Å². The lowest BCUT2D eigenvalue weighted by molar-refractivity contribution is 0.169. The van der Waals surface area contributed by atoms with Crippen molar-refractivity contribution in [3.05, 3.63) is 64.7 Å². The van der Waals surface area contributed by atoms with Gasteiger partial charge in [0.05, 0.1) is 6.10 Å². The maximum atomic E-state index is 10.7. The predicted molar refractivity (Wildman–Crippen MR) is 118 cm³/mol. The molecule has 2 nitrogen and oxygen atoms in total. The minimum atomic E-state index is -0.481. The van der Waals surface area contributed by atoms with Gasteiger partial charge in [-0.3, -0.25) is 0 Å². The Morgan fingerprint density at radius 1 is 1.07 bits per heavy atom. The summed E-state index contributed by atoms with van der Waals surface area (Å²) in [4.78, 5) is 2.29. The molecule has 2 aromatic carbocycles. The second kappa shape index (κ2) is 10.9. The Balaban J connectivity index is 0.00000261.